The van der Waals surface area contributed by atoms with Crippen molar-refractivity contribution in [1.82, 2.24) is 0 Å². The van der Waals surface area contributed by atoms with Crippen LogP contribution in [0.5, 0.6) is 0 Å². The van der Waals surface area contributed by atoms with Crippen molar-refractivity contribution in [1.29, 1.82) is 0 Å². The number of hydrogen-bond donors (Lipinski definition) is 2. The summed E-state index contributed by atoms with van der Waals surface area (Å²) in [5, 5.41) is 9.07. The Morgan fingerprint density at radius 1 is 1.78 bits per heavy atom. The quantitative estimate of drug-likeness (QED) is 0.478. The van der Waals surface area contributed by atoms with E-state index in [-0.39, 0.29) is 0 Å². The van der Waals surface area contributed by atoms with Crippen LogP contribution in [-0.4, -0.2) is 23.4 Å². The first-order chi connectivity index (χ1) is 4.15. The smallest absolute Gasteiger partial charge is 0.277 e. The molecule has 1 rings (SSSR count). The first-order valence-corrected chi connectivity index (χ1v) is 2.81. The number of aliphatic hydroxyl groups is 1. The molecule has 0 radical (unpaired) electrons. The molecule has 0 spiro atoms. The first-order valence-electron chi connectivity index (χ1n) is 2.81. The third kappa shape index (κ3) is 1.04. The maximum atomic E-state index is 10.4. The molecular weight excluding hydrogens is 122 g/mol. The summed E-state index contributed by atoms with van der Waals surface area (Å²) in [5.41, 5.74) is 4.82. The maximum absolute atomic E-state index is 10.4. The van der Waals surface area contributed by atoms with E-state index < -0.39 is 11.7 Å². The fraction of sp³-hybridized carbons (Fsp3) is 0.800. The molecule has 0 aromatic carbocycles. The topological polar surface area (TPSA) is 72.6 Å². The molecule has 9 heavy (non-hydrogen) atoms. The summed E-state index contributed by atoms with van der Waals surface area (Å²) in [6, 6.07) is 0. The van der Waals surface area contributed by atoms with Gasteiger partial charge in [-0.05, 0) is 6.42 Å². The molecule has 1 aliphatic rings. The van der Waals surface area contributed by atoms with E-state index >= 15 is 0 Å². The SMILES string of the molecule is NC(=O)C1(O)CCCO1. The predicted molar refractivity (Wildman–Crippen MR) is 29.3 cm³/mol. The first kappa shape index (κ1) is 6.51. The van der Waals surface area contributed by atoms with Gasteiger partial charge in [0.05, 0.1) is 6.61 Å². The van der Waals surface area contributed by atoms with Crippen molar-refractivity contribution in [3.8, 4) is 0 Å². The zero-order valence-corrected chi connectivity index (χ0v) is 4.96. The Balaban J connectivity index is 2.61. The Hall–Kier alpha value is -0.610. The minimum atomic E-state index is -1.67. The van der Waals surface area contributed by atoms with E-state index in [1.165, 1.54) is 0 Å². The fourth-order valence-electron chi connectivity index (χ4n) is 0.819. The van der Waals surface area contributed by atoms with E-state index in [9.17, 15) is 4.79 Å². The van der Waals surface area contributed by atoms with Crippen LogP contribution in [0.4, 0.5) is 0 Å². The molecule has 0 aliphatic carbocycles. The molecule has 0 aromatic rings. The number of carbonyl (C=O) groups excluding carboxylic acids is 1. The Bertz CT molecular complexity index is 128. The molecule has 1 aliphatic heterocycles. The van der Waals surface area contributed by atoms with Gasteiger partial charge in [-0.2, -0.15) is 0 Å². The summed E-state index contributed by atoms with van der Waals surface area (Å²) in [5.74, 6) is -2.46. The molecule has 4 heteroatoms. The standard InChI is InChI=1S/C5H9NO3/c6-4(7)5(8)2-1-3-9-5/h8H,1-3H2,(H2,6,7). The molecule has 1 unspecified atom stereocenters. The lowest BCUT2D eigenvalue weighted by Crippen LogP contribution is -2.42. The highest BCUT2D eigenvalue weighted by Gasteiger charge is 2.38. The zero-order chi connectivity index (χ0) is 6.91. The van der Waals surface area contributed by atoms with Gasteiger partial charge >= 0.3 is 0 Å². The number of primary amides is 1. The fourth-order valence-corrected chi connectivity index (χ4v) is 0.819. The summed E-state index contributed by atoms with van der Waals surface area (Å²) >= 11 is 0. The predicted octanol–water partition coefficient (Wildman–Crippen LogP) is -1.03. The van der Waals surface area contributed by atoms with Gasteiger partial charge in [0.15, 0.2) is 0 Å². The van der Waals surface area contributed by atoms with E-state index in [2.05, 4.69) is 4.74 Å². The number of amides is 1. The third-order valence-corrected chi connectivity index (χ3v) is 1.39. The molecular formula is C5H9NO3. The summed E-state index contributed by atoms with van der Waals surface area (Å²) in [7, 11) is 0. The van der Waals surface area contributed by atoms with Gasteiger partial charge in [-0.1, -0.05) is 0 Å². The second-order valence-electron chi connectivity index (χ2n) is 2.10. The lowest BCUT2D eigenvalue weighted by Gasteiger charge is -2.15. The van der Waals surface area contributed by atoms with Gasteiger partial charge in [0.2, 0.25) is 5.79 Å². The summed E-state index contributed by atoms with van der Waals surface area (Å²) < 4.78 is 4.68. The monoisotopic (exact) mass is 131 g/mol. The summed E-state index contributed by atoms with van der Waals surface area (Å²) in [6.45, 7) is 0.416. The van der Waals surface area contributed by atoms with Gasteiger partial charge in [0.1, 0.15) is 0 Å². The van der Waals surface area contributed by atoms with Crippen molar-refractivity contribution in [2.75, 3.05) is 6.61 Å². The minimum Gasteiger partial charge on any atom is -0.365 e. The molecule has 0 aromatic heterocycles. The van der Waals surface area contributed by atoms with Gasteiger partial charge < -0.3 is 15.6 Å². The van der Waals surface area contributed by atoms with E-state index in [4.69, 9.17) is 10.8 Å². The van der Waals surface area contributed by atoms with Crippen LogP contribution in [0, 0.1) is 0 Å². The molecule has 3 N–H and O–H groups in total. The minimum absolute atomic E-state index is 0.322. The van der Waals surface area contributed by atoms with E-state index in [0.29, 0.717) is 19.4 Å². The van der Waals surface area contributed by atoms with Crippen LogP contribution in [0.1, 0.15) is 12.8 Å². The molecule has 52 valence electrons. The van der Waals surface area contributed by atoms with Gasteiger partial charge in [0.25, 0.3) is 5.91 Å². The van der Waals surface area contributed by atoms with Crippen LogP contribution >= 0.6 is 0 Å². The second-order valence-corrected chi connectivity index (χ2v) is 2.10. The number of rotatable bonds is 1. The van der Waals surface area contributed by atoms with Gasteiger partial charge in [-0.3, -0.25) is 4.79 Å². The lowest BCUT2D eigenvalue weighted by atomic mass is 10.2. The summed E-state index contributed by atoms with van der Waals surface area (Å²) in [6.07, 6.45) is 1.02. The Labute approximate surface area is 52.6 Å². The highest BCUT2D eigenvalue weighted by Crippen LogP contribution is 2.21. The lowest BCUT2D eigenvalue weighted by molar-refractivity contribution is -0.185. The van der Waals surface area contributed by atoms with Crippen LogP contribution in [0.15, 0.2) is 0 Å². The van der Waals surface area contributed by atoms with Gasteiger partial charge in [-0.25, -0.2) is 0 Å². The van der Waals surface area contributed by atoms with Crippen LogP contribution in [0.25, 0.3) is 0 Å². The van der Waals surface area contributed by atoms with Crippen LogP contribution in [0.2, 0.25) is 0 Å². The molecule has 1 saturated heterocycles. The van der Waals surface area contributed by atoms with Crippen molar-refractivity contribution in [3.05, 3.63) is 0 Å². The average Bonchev–Trinajstić information content (AvgIpc) is 2.16. The third-order valence-electron chi connectivity index (χ3n) is 1.39. The molecule has 0 bridgehead atoms. The highest BCUT2D eigenvalue weighted by molar-refractivity contribution is 5.81. The van der Waals surface area contributed by atoms with Crippen LogP contribution in [0.3, 0.4) is 0 Å². The van der Waals surface area contributed by atoms with Crippen molar-refractivity contribution < 1.29 is 14.6 Å². The van der Waals surface area contributed by atoms with Gasteiger partial charge in [-0.15, -0.1) is 0 Å². The molecule has 1 heterocycles. The maximum Gasteiger partial charge on any atom is 0.277 e. The molecule has 1 fully saturated rings. The zero-order valence-electron chi connectivity index (χ0n) is 4.96. The molecule has 1 atom stereocenters. The number of carbonyl (C=O) groups is 1. The van der Waals surface area contributed by atoms with Crippen molar-refractivity contribution in [2.24, 2.45) is 5.73 Å². The average molecular weight is 131 g/mol. The Morgan fingerprint density at radius 3 is 2.67 bits per heavy atom. The van der Waals surface area contributed by atoms with Gasteiger partial charge in [0, 0.05) is 6.42 Å². The van der Waals surface area contributed by atoms with E-state index in [1.807, 2.05) is 0 Å². The van der Waals surface area contributed by atoms with E-state index in [0.717, 1.165) is 0 Å². The number of hydrogen-bond acceptors (Lipinski definition) is 3. The van der Waals surface area contributed by atoms with Crippen molar-refractivity contribution in [3.63, 3.8) is 0 Å². The van der Waals surface area contributed by atoms with Crippen molar-refractivity contribution >= 4 is 5.91 Å². The van der Waals surface area contributed by atoms with Crippen molar-refractivity contribution in [2.45, 2.75) is 18.6 Å². The normalized spacial score (nSPS) is 34.8. The molecule has 0 saturated carbocycles. The highest BCUT2D eigenvalue weighted by atomic mass is 16.6. The summed E-state index contributed by atoms with van der Waals surface area (Å²) in [4.78, 5) is 10.4. The van der Waals surface area contributed by atoms with Crippen LogP contribution in [-0.2, 0) is 9.53 Å². The molecule has 4 nitrogen and oxygen atoms in total. The largest absolute Gasteiger partial charge is 0.365 e. The Kier molecular flexibility index (Phi) is 1.42. The Morgan fingerprint density at radius 2 is 2.44 bits per heavy atom. The number of nitrogens with two attached hydrogens (primary N) is 1. The second kappa shape index (κ2) is 1.97. The van der Waals surface area contributed by atoms with E-state index in [1.54, 1.807) is 0 Å². The van der Waals surface area contributed by atoms with Crippen LogP contribution < -0.4 is 5.73 Å². The number of ether oxygens (including phenoxy) is 1. The molecule has 1 amide bonds.